The van der Waals surface area contributed by atoms with Gasteiger partial charge in [-0.1, -0.05) is 13.8 Å². The number of hydrogen-bond acceptors (Lipinski definition) is 3. The highest BCUT2D eigenvalue weighted by Crippen LogP contribution is 2.11. The van der Waals surface area contributed by atoms with E-state index in [0.29, 0.717) is 11.5 Å². The Hall–Kier alpha value is -1.36. The largest absolute Gasteiger partial charge is 0.348 e. The number of carbonyl (C=O) groups excluding carboxylic acids is 1. The van der Waals surface area contributed by atoms with Crippen LogP contribution >= 0.6 is 0 Å². The zero-order valence-corrected chi connectivity index (χ0v) is 12.9. The van der Waals surface area contributed by atoms with Gasteiger partial charge in [-0.3, -0.25) is 9.89 Å². The molecule has 0 aromatic carbocycles. The van der Waals surface area contributed by atoms with E-state index in [-0.39, 0.29) is 11.9 Å². The highest BCUT2D eigenvalue weighted by Gasteiger charge is 2.20. The smallest absolute Gasteiger partial charge is 0.255 e. The number of aromatic nitrogens is 2. The van der Waals surface area contributed by atoms with Crippen molar-refractivity contribution >= 4 is 5.91 Å². The van der Waals surface area contributed by atoms with Gasteiger partial charge in [0.15, 0.2) is 0 Å². The first kappa shape index (κ1) is 15.7. The van der Waals surface area contributed by atoms with Gasteiger partial charge >= 0.3 is 0 Å². The van der Waals surface area contributed by atoms with Crippen LogP contribution < -0.4 is 5.32 Å². The number of likely N-dealkylation sites (N-methyl/N-ethyl adjacent to an activating group) is 1. The molecule has 1 heterocycles. The van der Waals surface area contributed by atoms with Crippen LogP contribution in [0.2, 0.25) is 0 Å². The Kier molecular flexibility index (Phi) is 5.54. The Morgan fingerprint density at radius 3 is 2.42 bits per heavy atom. The maximum Gasteiger partial charge on any atom is 0.255 e. The van der Waals surface area contributed by atoms with Gasteiger partial charge in [0.25, 0.3) is 5.91 Å². The van der Waals surface area contributed by atoms with Crippen LogP contribution in [-0.4, -0.2) is 47.7 Å². The van der Waals surface area contributed by atoms with E-state index in [9.17, 15) is 4.79 Å². The lowest BCUT2D eigenvalue weighted by molar-refractivity contribution is 0.0923. The monoisotopic (exact) mass is 266 g/mol. The number of nitrogens with zero attached hydrogens (tertiary/aromatic N) is 2. The summed E-state index contributed by atoms with van der Waals surface area (Å²) in [5.41, 5.74) is 2.25. The predicted octanol–water partition coefficient (Wildman–Crippen LogP) is 1.73. The molecular formula is C14H26N4O. The lowest BCUT2D eigenvalue weighted by Gasteiger charge is -2.24. The van der Waals surface area contributed by atoms with Crippen LogP contribution in [-0.2, 0) is 0 Å². The normalized spacial score (nSPS) is 13.1. The van der Waals surface area contributed by atoms with Gasteiger partial charge in [0, 0.05) is 18.3 Å². The highest BCUT2D eigenvalue weighted by molar-refractivity contribution is 5.96. The van der Waals surface area contributed by atoms with E-state index in [1.165, 1.54) is 0 Å². The Labute approximate surface area is 115 Å². The van der Waals surface area contributed by atoms with Gasteiger partial charge in [-0.2, -0.15) is 5.10 Å². The van der Waals surface area contributed by atoms with Crippen molar-refractivity contribution in [3.05, 3.63) is 17.0 Å². The number of aryl methyl sites for hydroxylation is 2. The first-order valence-corrected chi connectivity index (χ1v) is 6.78. The third-order valence-electron chi connectivity index (χ3n) is 3.03. The van der Waals surface area contributed by atoms with Crippen molar-refractivity contribution in [1.29, 1.82) is 0 Å². The number of rotatable bonds is 6. The standard InChI is InChI=1S/C14H26N4O/c1-9(2)7-12(8-18(5)6)15-14(19)13-10(3)16-17-11(13)4/h9,12H,7-8H2,1-6H3,(H,15,19)(H,16,17). The molecule has 1 aromatic heterocycles. The summed E-state index contributed by atoms with van der Waals surface area (Å²) in [4.78, 5) is 14.4. The maximum absolute atomic E-state index is 12.3. The molecule has 0 spiro atoms. The molecule has 5 heteroatoms. The van der Waals surface area contributed by atoms with Gasteiger partial charge in [0.1, 0.15) is 0 Å². The summed E-state index contributed by atoms with van der Waals surface area (Å²) in [7, 11) is 4.04. The number of hydrogen-bond donors (Lipinski definition) is 2. The molecule has 19 heavy (non-hydrogen) atoms. The number of carbonyl (C=O) groups is 1. The average molecular weight is 266 g/mol. The number of aromatic amines is 1. The van der Waals surface area contributed by atoms with Crippen LogP contribution in [0.5, 0.6) is 0 Å². The zero-order valence-electron chi connectivity index (χ0n) is 12.9. The van der Waals surface area contributed by atoms with E-state index in [4.69, 9.17) is 0 Å². The first-order chi connectivity index (χ1) is 8.81. The van der Waals surface area contributed by atoms with E-state index >= 15 is 0 Å². The van der Waals surface area contributed by atoms with Gasteiger partial charge < -0.3 is 10.2 Å². The van der Waals surface area contributed by atoms with Crippen LogP contribution in [0.4, 0.5) is 0 Å². The zero-order chi connectivity index (χ0) is 14.6. The summed E-state index contributed by atoms with van der Waals surface area (Å²) in [6.07, 6.45) is 0.972. The van der Waals surface area contributed by atoms with Gasteiger partial charge in [-0.25, -0.2) is 0 Å². The van der Waals surface area contributed by atoms with Crippen LogP contribution in [0, 0.1) is 19.8 Å². The maximum atomic E-state index is 12.3. The Balaban J connectivity index is 2.75. The fourth-order valence-electron chi connectivity index (χ4n) is 2.33. The third-order valence-corrected chi connectivity index (χ3v) is 3.03. The van der Waals surface area contributed by atoms with Crippen LogP contribution in [0.1, 0.15) is 42.0 Å². The fraction of sp³-hybridized carbons (Fsp3) is 0.714. The molecule has 2 N–H and O–H groups in total. The third kappa shape index (κ3) is 4.67. The lowest BCUT2D eigenvalue weighted by atomic mass is 10.0. The number of nitrogens with one attached hydrogen (secondary N) is 2. The Morgan fingerprint density at radius 1 is 1.37 bits per heavy atom. The molecule has 0 radical (unpaired) electrons. The molecule has 1 rings (SSSR count). The van der Waals surface area contributed by atoms with E-state index < -0.39 is 0 Å². The first-order valence-electron chi connectivity index (χ1n) is 6.78. The van der Waals surface area contributed by atoms with Crippen molar-refractivity contribution in [3.63, 3.8) is 0 Å². The highest BCUT2D eigenvalue weighted by atomic mass is 16.1. The van der Waals surface area contributed by atoms with Crippen molar-refractivity contribution in [3.8, 4) is 0 Å². The fourth-order valence-corrected chi connectivity index (χ4v) is 2.33. The van der Waals surface area contributed by atoms with E-state index in [1.54, 1.807) is 0 Å². The molecule has 0 aliphatic carbocycles. The van der Waals surface area contributed by atoms with E-state index in [2.05, 4.69) is 34.3 Å². The molecule has 0 saturated carbocycles. The second-order valence-corrected chi connectivity index (χ2v) is 5.87. The molecule has 0 saturated heterocycles. The minimum absolute atomic E-state index is 0.0312. The van der Waals surface area contributed by atoms with E-state index in [1.807, 2.05) is 27.9 Å². The number of H-pyrrole nitrogens is 1. The quantitative estimate of drug-likeness (QED) is 0.824. The van der Waals surface area contributed by atoms with Crippen LogP contribution in [0.3, 0.4) is 0 Å². The summed E-state index contributed by atoms with van der Waals surface area (Å²) < 4.78 is 0. The molecule has 108 valence electrons. The van der Waals surface area contributed by atoms with Crippen molar-refractivity contribution in [2.45, 2.75) is 40.2 Å². The van der Waals surface area contributed by atoms with Crippen LogP contribution in [0.25, 0.3) is 0 Å². The SMILES string of the molecule is Cc1n[nH]c(C)c1C(=O)NC(CC(C)C)CN(C)C. The summed E-state index contributed by atoms with van der Waals surface area (Å²) in [6.45, 7) is 8.91. The van der Waals surface area contributed by atoms with Gasteiger partial charge in [0.05, 0.1) is 11.3 Å². The molecule has 5 nitrogen and oxygen atoms in total. The average Bonchev–Trinajstić information content (AvgIpc) is 2.56. The lowest BCUT2D eigenvalue weighted by Crippen LogP contribution is -2.42. The second kappa shape index (κ2) is 6.70. The molecule has 1 unspecified atom stereocenters. The Bertz CT molecular complexity index is 394. The minimum atomic E-state index is -0.0312. The molecule has 1 amide bonds. The second-order valence-electron chi connectivity index (χ2n) is 5.87. The predicted molar refractivity (Wildman–Crippen MR) is 77.3 cm³/mol. The number of amides is 1. The van der Waals surface area contributed by atoms with Crippen LogP contribution in [0.15, 0.2) is 0 Å². The van der Waals surface area contributed by atoms with Crippen molar-refractivity contribution in [1.82, 2.24) is 20.4 Å². The van der Waals surface area contributed by atoms with Gasteiger partial charge in [-0.05, 0) is 40.3 Å². The molecule has 0 aliphatic heterocycles. The molecule has 1 atom stereocenters. The van der Waals surface area contributed by atoms with E-state index in [0.717, 1.165) is 24.4 Å². The topological polar surface area (TPSA) is 61.0 Å². The summed E-state index contributed by atoms with van der Waals surface area (Å²) in [5.74, 6) is 0.521. The van der Waals surface area contributed by atoms with Crippen molar-refractivity contribution < 1.29 is 4.79 Å². The molecule has 0 aliphatic rings. The molecule has 0 bridgehead atoms. The van der Waals surface area contributed by atoms with Gasteiger partial charge in [-0.15, -0.1) is 0 Å². The molecule has 1 aromatic rings. The van der Waals surface area contributed by atoms with Gasteiger partial charge in [0.2, 0.25) is 0 Å². The summed E-state index contributed by atoms with van der Waals surface area (Å²) in [5, 5.41) is 10.0. The Morgan fingerprint density at radius 2 is 2.00 bits per heavy atom. The molecular weight excluding hydrogens is 240 g/mol. The van der Waals surface area contributed by atoms with Crippen molar-refractivity contribution in [2.24, 2.45) is 5.92 Å². The summed E-state index contributed by atoms with van der Waals surface area (Å²) in [6, 6.07) is 0.163. The van der Waals surface area contributed by atoms with Crippen molar-refractivity contribution in [2.75, 3.05) is 20.6 Å². The summed E-state index contributed by atoms with van der Waals surface area (Å²) >= 11 is 0. The molecule has 0 fully saturated rings. The minimum Gasteiger partial charge on any atom is -0.348 e.